The van der Waals surface area contributed by atoms with Gasteiger partial charge in [0.05, 0.1) is 0 Å². The third kappa shape index (κ3) is 3.88. The summed E-state index contributed by atoms with van der Waals surface area (Å²) in [5.74, 6) is 0.913. The van der Waals surface area contributed by atoms with Crippen molar-refractivity contribution in [1.82, 2.24) is 5.32 Å². The molecule has 1 heterocycles. The Kier molecular flexibility index (Phi) is 5.44. The van der Waals surface area contributed by atoms with Crippen molar-refractivity contribution < 1.29 is 9.21 Å². The van der Waals surface area contributed by atoms with Gasteiger partial charge in [-0.3, -0.25) is 4.79 Å². The molecule has 1 amide bonds. The first-order valence-corrected chi connectivity index (χ1v) is 9.05. The molecule has 1 N–H and O–H groups in total. The van der Waals surface area contributed by atoms with Gasteiger partial charge in [0.15, 0.2) is 5.76 Å². The average Bonchev–Trinajstić information content (AvgIpc) is 2.98. The SMILES string of the molecule is CCCCCNC(=O)c1oc(-c2ccc(Cl)cc2)c2cc(C)ccc12. The highest BCUT2D eigenvalue weighted by molar-refractivity contribution is 6.30. The number of unbranched alkanes of at least 4 members (excludes halogenated alkanes) is 2. The Morgan fingerprint density at radius 1 is 1.08 bits per heavy atom. The van der Waals surface area contributed by atoms with Gasteiger partial charge < -0.3 is 9.73 Å². The largest absolute Gasteiger partial charge is 0.450 e. The van der Waals surface area contributed by atoms with Gasteiger partial charge in [-0.05, 0) is 43.7 Å². The maximum absolute atomic E-state index is 12.6. The summed E-state index contributed by atoms with van der Waals surface area (Å²) in [6.07, 6.45) is 3.21. The molecule has 0 radical (unpaired) electrons. The lowest BCUT2D eigenvalue weighted by atomic mass is 10.0. The second-order valence-corrected chi connectivity index (χ2v) is 6.72. The molecule has 3 nitrogen and oxygen atoms in total. The molecule has 25 heavy (non-hydrogen) atoms. The van der Waals surface area contributed by atoms with E-state index in [1.807, 2.05) is 43.3 Å². The van der Waals surface area contributed by atoms with Crippen molar-refractivity contribution in [2.75, 3.05) is 6.54 Å². The van der Waals surface area contributed by atoms with Crippen molar-refractivity contribution >= 4 is 28.3 Å². The quantitative estimate of drug-likeness (QED) is 0.552. The highest BCUT2D eigenvalue weighted by Gasteiger charge is 2.20. The van der Waals surface area contributed by atoms with Gasteiger partial charge in [-0.2, -0.15) is 0 Å². The molecule has 2 aromatic carbocycles. The molecule has 3 rings (SSSR count). The van der Waals surface area contributed by atoms with E-state index in [9.17, 15) is 4.79 Å². The lowest BCUT2D eigenvalue weighted by Gasteiger charge is -2.02. The zero-order chi connectivity index (χ0) is 17.8. The van der Waals surface area contributed by atoms with Crippen LogP contribution in [0.5, 0.6) is 0 Å². The van der Waals surface area contributed by atoms with Crippen LogP contribution in [0.2, 0.25) is 5.02 Å². The van der Waals surface area contributed by atoms with Crippen LogP contribution < -0.4 is 5.32 Å². The molecule has 1 aromatic heterocycles. The predicted octanol–water partition coefficient (Wildman–Crippen LogP) is 5.98. The molecule has 0 saturated carbocycles. The van der Waals surface area contributed by atoms with E-state index in [1.165, 1.54) is 0 Å². The number of fused-ring (bicyclic) bond motifs is 1. The number of furan rings is 1. The van der Waals surface area contributed by atoms with Gasteiger partial charge in [-0.25, -0.2) is 0 Å². The van der Waals surface area contributed by atoms with Crippen LogP contribution in [-0.2, 0) is 0 Å². The first-order valence-electron chi connectivity index (χ1n) is 8.67. The van der Waals surface area contributed by atoms with Crippen LogP contribution in [0.3, 0.4) is 0 Å². The molecule has 0 aliphatic rings. The van der Waals surface area contributed by atoms with Gasteiger partial charge in [0.1, 0.15) is 5.76 Å². The lowest BCUT2D eigenvalue weighted by molar-refractivity contribution is 0.0928. The fourth-order valence-corrected chi connectivity index (χ4v) is 3.02. The van der Waals surface area contributed by atoms with E-state index in [0.717, 1.165) is 41.2 Å². The van der Waals surface area contributed by atoms with Gasteiger partial charge in [-0.15, -0.1) is 0 Å². The number of carbonyl (C=O) groups is 1. The Balaban J connectivity index is 1.99. The second-order valence-electron chi connectivity index (χ2n) is 6.28. The van der Waals surface area contributed by atoms with Crippen LogP contribution in [0.4, 0.5) is 0 Å². The van der Waals surface area contributed by atoms with E-state index in [0.29, 0.717) is 23.1 Å². The molecule has 0 saturated heterocycles. The molecule has 0 atom stereocenters. The van der Waals surface area contributed by atoms with Crippen molar-refractivity contribution in [3.8, 4) is 11.3 Å². The minimum atomic E-state index is -0.162. The third-order valence-electron chi connectivity index (χ3n) is 4.25. The fraction of sp³-hybridized carbons (Fsp3) is 0.286. The third-order valence-corrected chi connectivity index (χ3v) is 4.50. The maximum atomic E-state index is 12.6. The second kappa shape index (κ2) is 7.75. The first kappa shape index (κ1) is 17.6. The maximum Gasteiger partial charge on any atom is 0.287 e. The molecule has 0 bridgehead atoms. The van der Waals surface area contributed by atoms with Gasteiger partial charge in [0.25, 0.3) is 5.91 Å². The van der Waals surface area contributed by atoms with Gasteiger partial charge in [0.2, 0.25) is 0 Å². The van der Waals surface area contributed by atoms with E-state index in [-0.39, 0.29) is 5.91 Å². The molecule has 0 aliphatic carbocycles. The average molecular weight is 356 g/mol. The molecule has 0 unspecified atom stereocenters. The summed E-state index contributed by atoms with van der Waals surface area (Å²) in [7, 11) is 0. The summed E-state index contributed by atoms with van der Waals surface area (Å²) in [4.78, 5) is 12.6. The number of hydrogen-bond acceptors (Lipinski definition) is 2. The molecule has 0 aliphatic heterocycles. The number of halogens is 1. The molecule has 3 aromatic rings. The van der Waals surface area contributed by atoms with E-state index in [2.05, 4.69) is 18.3 Å². The van der Waals surface area contributed by atoms with Crippen molar-refractivity contribution in [3.63, 3.8) is 0 Å². The summed E-state index contributed by atoms with van der Waals surface area (Å²) in [5, 5.41) is 5.41. The normalized spacial score (nSPS) is 11.0. The zero-order valence-electron chi connectivity index (χ0n) is 14.6. The van der Waals surface area contributed by atoms with Gasteiger partial charge in [-0.1, -0.05) is 49.1 Å². The van der Waals surface area contributed by atoms with E-state index in [4.69, 9.17) is 16.0 Å². The summed E-state index contributed by atoms with van der Waals surface area (Å²) in [6, 6.07) is 13.5. The molecule has 4 heteroatoms. The summed E-state index contributed by atoms with van der Waals surface area (Å²) >= 11 is 5.99. The summed E-state index contributed by atoms with van der Waals surface area (Å²) in [6.45, 7) is 4.84. The van der Waals surface area contributed by atoms with Crippen molar-refractivity contribution in [2.24, 2.45) is 0 Å². The summed E-state index contributed by atoms with van der Waals surface area (Å²) in [5.41, 5.74) is 2.03. The van der Waals surface area contributed by atoms with Gasteiger partial charge >= 0.3 is 0 Å². The summed E-state index contributed by atoms with van der Waals surface area (Å²) < 4.78 is 6.01. The van der Waals surface area contributed by atoms with E-state index < -0.39 is 0 Å². The van der Waals surface area contributed by atoms with Crippen LogP contribution >= 0.6 is 11.6 Å². The Bertz CT molecular complexity index is 881. The molecule has 0 fully saturated rings. The smallest absolute Gasteiger partial charge is 0.287 e. The fourth-order valence-electron chi connectivity index (χ4n) is 2.90. The molecular weight excluding hydrogens is 334 g/mol. The Labute approximate surface area is 153 Å². The van der Waals surface area contributed by atoms with Crippen LogP contribution in [0.1, 0.15) is 42.3 Å². The van der Waals surface area contributed by atoms with Crippen LogP contribution in [0, 0.1) is 6.92 Å². The van der Waals surface area contributed by atoms with Crippen molar-refractivity contribution in [3.05, 3.63) is 58.8 Å². The Hall–Kier alpha value is -2.26. The highest BCUT2D eigenvalue weighted by Crippen LogP contribution is 2.35. The van der Waals surface area contributed by atoms with E-state index in [1.54, 1.807) is 0 Å². The number of rotatable bonds is 6. The van der Waals surface area contributed by atoms with Crippen molar-refractivity contribution in [1.29, 1.82) is 0 Å². The standard InChI is InChI=1S/C21H22ClNO2/c1-3-4-5-12-23-21(24)20-17-11-6-14(2)13-18(17)19(25-20)15-7-9-16(22)10-8-15/h6-11,13H,3-5,12H2,1-2H3,(H,23,24). The molecular formula is C21H22ClNO2. The molecule has 0 spiro atoms. The first-order chi connectivity index (χ1) is 12.1. The van der Waals surface area contributed by atoms with Gasteiger partial charge in [0, 0.05) is 27.9 Å². The monoisotopic (exact) mass is 355 g/mol. The van der Waals surface area contributed by atoms with Crippen LogP contribution in [-0.4, -0.2) is 12.5 Å². The van der Waals surface area contributed by atoms with E-state index >= 15 is 0 Å². The Morgan fingerprint density at radius 2 is 1.84 bits per heavy atom. The number of nitrogens with one attached hydrogen (secondary N) is 1. The predicted molar refractivity (Wildman–Crippen MR) is 103 cm³/mol. The number of amides is 1. The highest BCUT2D eigenvalue weighted by atomic mass is 35.5. The number of aryl methyl sites for hydroxylation is 1. The number of carbonyl (C=O) groups excluding carboxylic acids is 1. The lowest BCUT2D eigenvalue weighted by Crippen LogP contribution is -2.24. The van der Waals surface area contributed by atoms with Crippen LogP contribution in [0.25, 0.3) is 22.1 Å². The molecule has 130 valence electrons. The zero-order valence-corrected chi connectivity index (χ0v) is 15.3. The van der Waals surface area contributed by atoms with Crippen LogP contribution in [0.15, 0.2) is 46.9 Å². The Morgan fingerprint density at radius 3 is 2.56 bits per heavy atom. The number of hydrogen-bond donors (Lipinski definition) is 1. The van der Waals surface area contributed by atoms with Crippen molar-refractivity contribution in [2.45, 2.75) is 33.1 Å². The minimum absolute atomic E-state index is 0.162. The minimum Gasteiger partial charge on any atom is -0.450 e. The topological polar surface area (TPSA) is 42.2 Å². The number of benzene rings is 2.